The standard InChI is InChI=1S/C14H16BrNOS/c1-16(10-12-7-8-14(15)18-12)9-11-5-3-4-6-13(11)17-2/h3-8H,9-10H2,1-2H3. The SMILES string of the molecule is COc1ccccc1CN(C)Cc1ccc(Br)s1. The van der Waals surface area contributed by atoms with Crippen molar-refractivity contribution < 1.29 is 4.74 Å². The van der Waals surface area contributed by atoms with Crippen molar-refractivity contribution in [1.82, 2.24) is 4.90 Å². The third kappa shape index (κ3) is 3.57. The van der Waals surface area contributed by atoms with E-state index < -0.39 is 0 Å². The number of thiophene rings is 1. The van der Waals surface area contributed by atoms with Gasteiger partial charge in [-0.1, -0.05) is 18.2 Å². The van der Waals surface area contributed by atoms with Gasteiger partial charge in [-0.3, -0.25) is 4.90 Å². The molecule has 1 heterocycles. The normalized spacial score (nSPS) is 10.9. The molecule has 0 saturated carbocycles. The molecule has 0 aliphatic heterocycles. The average molecular weight is 326 g/mol. The molecule has 2 aromatic rings. The van der Waals surface area contributed by atoms with E-state index in [1.807, 2.05) is 18.2 Å². The highest BCUT2D eigenvalue weighted by Gasteiger charge is 2.07. The van der Waals surface area contributed by atoms with Crippen LogP contribution in [0.25, 0.3) is 0 Å². The highest BCUT2D eigenvalue weighted by molar-refractivity contribution is 9.11. The summed E-state index contributed by atoms with van der Waals surface area (Å²) in [6.07, 6.45) is 0. The minimum atomic E-state index is 0.888. The van der Waals surface area contributed by atoms with Crippen molar-refractivity contribution in [1.29, 1.82) is 0 Å². The van der Waals surface area contributed by atoms with Gasteiger partial charge in [0.2, 0.25) is 0 Å². The van der Waals surface area contributed by atoms with Crippen LogP contribution in [0.5, 0.6) is 5.75 Å². The number of hydrogen-bond acceptors (Lipinski definition) is 3. The average Bonchev–Trinajstić information content (AvgIpc) is 2.75. The van der Waals surface area contributed by atoms with Gasteiger partial charge in [-0.05, 0) is 41.2 Å². The van der Waals surface area contributed by atoms with E-state index in [4.69, 9.17) is 4.74 Å². The Hall–Kier alpha value is -0.840. The fourth-order valence-corrected chi connectivity index (χ4v) is 3.45. The summed E-state index contributed by atoms with van der Waals surface area (Å²) >= 11 is 5.27. The molecule has 0 aliphatic rings. The maximum atomic E-state index is 5.37. The molecule has 0 atom stereocenters. The molecule has 0 unspecified atom stereocenters. The number of nitrogens with zero attached hydrogens (tertiary/aromatic N) is 1. The topological polar surface area (TPSA) is 12.5 Å². The number of benzene rings is 1. The van der Waals surface area contributed by atoms with E-state index in [1.54, 1.807) is 18.4 Å². The van der Waals surface area contributed by atoms with Gasteiger partial charge < -0.3 is 4.74 Å². The molecule has 4 heteroatoms. The van der Waals surface area contributed by atoms with Crippen LogP contribution in [0.1, 0.15) is 10.4 Å². The first-order valence-electron chi connectivity index (χ1n) is 5.73. The summed E-state index contributed by atoms with van der Waals surface area (Å²) in [5, 5.41) is 0. The van der Waals surface area contributed by atoms with Crippen LogP contribution in [0, 0.1) is 0 Å². The molecule has 18 heavy (non-hydrogen) atoms. The zero-order valence-electron chi connectivity index (χ0n) is 10.5. The summed E-state index contributed by atoms with van der Waals surface area (Å²) in [5.74, 6) is 0.955. The molecule has 0 fully saturated rings. The molecular formula is C14H16BrNOS. The summed E-state index contributed by atoms with van der Waals surface area (Å²) < 4.78 is 6.55. The van der Waals surface area contributed by atoms with Gasteiger partial charge in [0.1, 0.15) is 5.75 Å². The molecule has 0 spiro atoms. The van der Waals surface area contributed by atoms with E-state index in [9.17, 15) is 0 Å². The summed E-state index contributed by atoms with van der Waals surface area (Å²) in [7, 11) is 3.84. The number of ether oxygens (including phenoxy) is 1. The van der Waals surface area contributed by atoms with Crippen molar-refractivity contribution in [3.8, 4) is 5.75 Å². The quantitative estimate of drug-likeness (QED) is 0.818. The Labute approximate surface area is 120 Å². The second-order valence-corrected chi connectivity index (χ2v) is 6.74. The summed E-state index contributed by atoms with van der Waals surface area (Å²) in [4.78, 5) is 3.65. The monoisotopic (exact) mass is 325 g/mol. The van der Waals surface area contributed by atoms with Crippen LogP contribution < -0.4 is 4.74 Å². The van der Waals surface area contributed by atoms with Crippen molar-refractivity contribution >= 4 is 27.3 Å². The Morgan fingerprint density at radius 1 is 1.17 bits per heavy atom. The first-order chi connectivity index (χ1) is 8.69. The van der Waals surface area contributed by atoms with Crippen LogP contribution in [-0.4, -0.2) is 19.1 Å². The van der Waals surface area contributed by atoms with Crippen molar-refractivity contribution in [2.45, 2.75) is 13.1 Å². The highest BCUT2D eigenvalue weighted by Crippen LogP contribution is 2.24. The van der Waals surface area contributed by atoms with E-state index in [0.29, 0.717) is 0 Å². The molecule has 2 nitrogen and oxygen atoms in total. The molecule has 0 radical (unpaired) electrons. The summed E-state index contributed by atoms with van der Waals surface area (Å²) in [5.41, 5.74) is 1.22. The Bertz CT molecular complexity index is 512. The smallest absolute Gasteiger partial charge is 0.123 e. The van der Waals surface area contributed by atoms with Gasteiger partial charge in [0, 0.05) is 23.5 Å². The third-order valence-corrected chi connectivity index (χ3v) is 4.30. The molecule has 1 aromatic heterocycles. The lowest BCUT2D eigenvalue weighted by Gasteiger charge is -2.17. The van der Waals surface area contributed by atoms with Crippen LogP contribution in [0.4, 0.5) is 0 Å². The largest absolute Gasteiger partial charge is 0.496 e. The molecule has 2 rings (SSSR count). The molecule has 1 aromatic carbocycles. The number of rotatable bonds is 5. The van der Waals surface area contributed by atoms with E-state index in [2.05, 4.69) is 46.1 Å². The van der Waals surface area contributed by atoms with Crippen molar-refractivity contribution in [2.75, 3.05) is 14.2 Å². The van der Waals surface area contributed by atoms with Gasteiger partial charge in [0.05, 0.1) is 10.9 Å². The van der Waals surface area contributed by atoms with Crippen LogP contribution in [0.2, 0.25) is 0 Å². The molecule has 0 N–H and O–H groups in total. The van der Waals surface area contributed by atoms with Gasteiger partial charge in [-0.25, -0.2) is 0 Å². The van der Waals surface area contributed by atoms with E-state index >= 15 is 0 Å². The Morgan fingerprint density at radius 3 is 2.61 bits per heavy atom. The van der Waals surface area contributed by atoms with Gasteiger partial charge in [0.25, 0.3) is 0 Å². The number of hydrogen-bond donors (Lipinski definition) is 0. The predicted octanol–water partition coefficient (Wildman–Crippen LogP) is 4.15. The minimum Gasteiger partial charge on any atom is -0.496 e. The molecular weight excluding hydrogens is 310 g/mol. The number of methoxy groups -OCH3 is 1. The fraction of sp³-hybridized carbons (Fsp3) is 0.286. The zero-order chi connectivity index (χ0) is 13.0. The van der Waals surface area contributed by atoms with Crippen LogP contribution >= 0.6 is 27.3 Å². The van der Waals surface area contributed by atoms with E-state index in [1.165, 1.54) is 14.2 Å². The van der Waals surface area contributed by atoms with Gasteiger partial charge in [0.15, 0.2) is 0 Å². The molecule has 0 saturated heterocycles. The summed E-state index contributed by atoms with van der Waals surface area (Å²) in [6, 6.07) is 12.4. The minimum absolute atomic E-state index is 0.888. The van der Waals surface area contributed by atoms with Crippen LogP contribution in [0.15, 0.2) is 40.2 Å². The Kier molecular flexibility index (Phi) is 4.80. The predicted molar refractivity (Wildman–Crippen MR) is 80.2 cm³/mol. The maximum Gasteiger partial charge on any atom is 0.123 e. The summed E-state index contributed by atoms with van der Waals surface area (Å²) in [6.45, 7) is 1.84. The van der Waals surface area contributed by atoms with Gasteiger partial charge >= 0.3 is 0 Å². The molecule has 0 amide bonds. The van der Waals surface area contributed by atoms with Gasteiger partial charge in [-0.2, -0.15) is 0 Å². The van der Waals surface area contributed by atoms with Crippen LogP contribution in [0.3, 0.4) is 0 Å². The lowest BCUT2D eigenvalue weighted by molar-refractivity contribution is 0.312. The van der Waals surface area contributed by atoms with Crippen molar-refractivity contribution in [3.63, 3.8) is 0 Å². The Balaban J connectivity index is 2.00. The van der Waals surface area contributed by atoms with Crippen molar-refractivity contribution in [2.24, 2.45) is 0 Å². The highest BCUT2D eigenvalue weighted by atomic mass is 79.9. The molecule has 96 valence electrons. The maximum absolute atomic E-state index is 5.37. The third-order valence-electron chi connectivity index (χ3n) is 2.69. The zero-order valence-corrected chi connectivity index (χ0v) is 12.9. The van der Waals surface area contributed by atoms with E-state index in [-0.39, 0.29) is 0 Å². The molecule has 0 aliphatic carbocycles. The Morgan fingerprint density at radius 2 is 1.94 bits per heavy atom. The lowest BCUT2D eigenvalue weighted by atomic mass is 10.2. The fourth-order valence-electron chi connectivity index (χ4n) is 1.88. The number of para-hydroxylation sites is 1. The van der Waals surface area contributed by atoms with Crippen LogP contribution in [-0.2, 0) is 13.1 Å². The second-order valence-electron chi connectivity index (χ2n) is 4.19. The first kappa shape index (κ1) is 13.6. The second kappa shape index (κ2) is 6.36. The van der Waals surface area contributed by atoms with E-state index in [0.717, 1.165) is 18.8 Å². The first-order valence-corrected chi connectivity index (χ1v) is 7.34. The number of halogens is 1. The van der Waals surface area contributed by atoms with Crippen molar-refractivity contribution in [3.05, 3.63) is 50.6 Å². The van der Waals surface area contributed by atoms with Gasteiger partial charge in [-0.15, -0.1) is 11.3 Å². The molecule has 0 bridgehead atoms. The lowest BCUT2D eigenvalue weighted by Crippen LogP contribution is -2.16.